The van der Waals surface area contributed by atoms with Crippen LogP contribution < -0.4 is 15.0 Å². The van der Waals surface area contributed by atoms with Crippen molar-refractivity contribution in [2.75, 3.05) is 43.4 Å². The van der Waals surface area contributed by atoms with Gasteiger partial charge in [0.1, 0.15) is 11.6 Å². The van der Waals surface area contributed by atoms with E-state index in [0.29, 0.717) is 0 Å². The average molecular weight is 445 g/mol. The first-order chi connectivity index (χ1) is 15.9. The summed E-state index contributed by atoms with van der Waals surface area (Å²) >= 11 is 0. The van der Waals surface area contributed by atoms with E-state index in [1.54, 1.807) is 12.2 Å². The van der Waals surface area contributed by atoms with Gasteiger partial charge in [0.25, 0.3) is 0 Å². The summed E-state index contributed by atoms with van der Waals surface area (Å²) in [6, 6.07) is 15.7. The highest BCUT2D eigenvalue weighted by Crippen LogP contribution is 2.26. The highest BCUT2D eigenvalue weighted by Gasteiger charge is 2.16. The Hall–Kier alpha value is -3.38. The predicted molar refractivity (Wildman–Crippen MR) is 136 cm³/mol. The Morgan fingerprint density at radius 3 is 2.48 bits per heavy atom. The van der Waals surface area contributed by atoms with Crippen LogP contribution in [-0.2, 0) is 4.79 Å². The lowest BCUT2D eigenvalue weighted by Gasteiger charge is -2.33. The second-order valence-electron chi connectivity index (χ2n) is 8.88. The lowest BCUT2D eigenvalue weighted by molar-refractivity contribution is -0.111. The number of aromatic nitrogens is 1. The largest absolute Gasteiger partial charge is 0.491 e. The molecule has 1 fully saturated rings. The molecule has 33 heavy (non-hydrogen) atoms. The summed E-state index contributed by atoms with van der Waals surface area (Å²) in [5.41, 5.74) is 3.80. The molecule has 1 amide bonds. The Morgan fingerprint density at radius 2 is 1.79 bits per heavy atom. The van der Waals surface area contributed by atoms with Crippen molar-refractivity contribution < 1.29 is 9.53 Å². The normalized spacial score (nSPS) is 14.9. The molecule has 0 saturated carbocycles. The molecule has 1 aliphatic heterocycles. The van der Waals surface area contributed by atoms with Crippen LogP contribution in [0.1, 0.15) is 25.0 Å². The molecular weight excluding hydrogens is 412 g/mol. The molecule has 1 saturated heterocycles. The third kappa shape index (κ3) is 5.90. The van der Waals surface area contributed by atoms with Crippen molar-refractivity contribution in [2.45, 2.75) is 26.9 Å². The molecular formula is C27H32N4O2. The number of pyridine rings is 1. The van der Waals surface area contributed by atoms with Gasteiger partial charge in [-0.2, -0.15) is 0 Å². The van der Waals surface area contributed by atoms with E-state index in [1.807, 2.05) is 56.3 Å². The molecule has 6 nitrogen and oxygen atoms in total. The highest BCUT2D eigenvalue weighted by atomic mass is 16.5. The topological polar surface area (TPSA) is 57.7 Å². The molecule has 2 aromatic carbocycles. The second-order valence-corrected chi connectivity index (χ2v) is 8.88. The Labute approximate surface area is 195 Å². The van der Waals surface area contributed by atoms with Crippen LogP contribution in [0, 0.1) is 6.92 Å². The van der Waals surface area contributed by atoms with Gasteiger partial charge in [-0.1, -0.05) is 12.1 Å². The maximum atomic E-state index is 12.5. The van der Waals surface area contributed by atoms with Crippen molar-refractivity contribution in [1.82, 2.24) is 9.88 Å². The molecule has 0 aliphatic carbocycles. The lowest BCUT2D eigenvalue weighted by atomic mass is 10.1. The molecule has 0 radical (unpaired) electrons. The van der Waals surface area contributed by atoms with Gasteiger partial charge in [0.15, 0.2) is 0 Å². The van der Waals surface area contributed by atoms with Gasteiger partial charge in [-0.15, -0.1) is 0 Å². The molecule has 3 aromatic rings. The maximum absolute atomic E-state index is 12.5. The number of nitrogens with zero attached hydrogens (tertiary/aromatic N) is 3. The van der Waals surface area contributed by atoms with Gasteiger partial charge in [0.05, 0.1) is 11.6 Å². The smallest absolute Gasteiger partial charge is 0.248 e. The minimum Gasteiger partial charge on any atom is -0.491 e. The number of likely N-dealkylation sites (N-methyl/N-ethyl adjacent to an activating group) is 1. The van der Waals surface area contributed by atoms with Crippen LogP contribution in [0.15, 0.2) is 54.6 Å². The predicted octanol–water partition coefficient (Wildman–Crippen LogP) is 4.73. The second kappa shape index (κ2) is 10.0. The van der Waals surface area contributed by atoms with Gasteiger partial charge in [-0.05, 0) is 81.4 Å². The summed E-state index contributed by atoms with van der Waals surface area (Å²) < 4.78 is 5.65. The third-order valence-corrected chi connectivity index (χ3v) is 5.78. The fraction of sp³-hybridized carbons (Fsp3) is 0.333. The Morgan fingerprint density at radius 1 is 1.06 bits per heavy atom. The summed E-state index contributed by atoms with van der Waals surface area (Å²) in [4.78, 5) is 22.0. The Balaban J connectivity index is 1.43. The first-order valence-electron chi connectivity index (χ1n) is 11.5. The third-order valence-electron chi connectivity index (χ3n) is 5.78. The fourth-order valence-electron chi connectivity index (χ4n) is 3.94. The van der Waals surface area contributed by atoms with E-state index in [1.165, 1.54) is 0 Å². The molecule has 1 aromatic heterocycles. The standard InChI is InChI=1S/C27H32N4O2/c1-19(2)33-23-9-5-21(6-10-23)7-12-27(32)28-22-8-11-25-24(18-22)20(3)17-26(29-25)31-15-13-30(4)14-16-31/h5-12,17-19H,13-16H2,1-4H3,(H,28,32)/b12-7+. The quantitative estimate of drug-likeness (QED) is 0.557. The average Bonchev–Trinajstić information content (AvgIpc) is 2.79. The van der Waals surface area contributed by atoms with E-state index in [2.05, 4.69) is 35.2 Å². The molecule has 2 heterocycles. The highest BCUT2D eigenvalue weighted by molar-refractivity contribution is 6.03. The minimum atomic E-state index is -0.170. The number of amides is 1. The molecule has 0 atom stereocenters. The number of nitrogens with one attached hydrogen (secondary N) is 1. The van der Waals surface area contributed by atoms with E-state index >= 15 is 0 Å². The zero-order chi connectivity index (χ0) is 23.4. The summed E-state index contributed by atoms with van der Waals surface area (Å²) in [7, 11) is 2.15. The first-order valence-corrected chi connectivity index (χ1v) is 11.5. The van der Waals surface area contributed by atoms with Gasteiger partial charge < -0.3 is 19.9 Å². The zero-order valence-corrected chi connectivity index (χ0v) is 19.8. The molecule has 6 heteroatoms. The lowest BCUT2D eigenvalue weighted by Crippen LogP contribution is -2.44. The number of benzene rings is 2. The minimum absolute atomic E-state index is 0.135. The van der Waals surface area contributed by atoms with Crippen molar-refractivity contribution >= 4 is 34.4 Å². The van der Waals surface area contributed by atoms with Gasteiger partial charge in [-0.25, -0.2) is 4.98 Å². The van der Waals surface area contributed by atoms with E-state index in [0.717, 1.165) is 65.5 Å². The SMILES string of the molecule is Cc1cc(N2CCN(C)CC2)nc2ccc(NC(=O)/C=C/c3ccc(OC(C)C)cc3)cc12. The Kier molecular flexibility index (Phi) is 6.94. The Bertz CT molecular complexity index is 1150. The maximum Gasteiger partial charge on any atom is 0.248 e. The number of hydrogen-bond acceptors (Lipinski definition) is 5. The summed E-state index contributed by atoms with van der Waals surface area (Å²) in [6.07, 6.45) is 3.48. The number of rotatable bonds is 6. The molecule has 0 unspecified atom stereocenters. The first kappa shape index (κ1) is 22.8. The molecule has 0 bridgehead atoms. The van der Waals surface area contributed by atoms with Crippen LogP contribution in [0.2, 0.25) is 0 Å². The fourth-order valence-corrected chi connectivity index (χ4v) is 3.94. The number of hydrogen-bond donors (Lipinski definition) is 1. The van der Waals surface area contributed by atoms with Crippen molar-refractivity contribution in [3.8, 4) is 5.75 Å². The van der Waals surface area contributed by atoms with Crippen LogP contribution in [0.4, 0.5) is 11.5 Å². The van der Waals surface area contributed by atoms with Crippen LogP contribution in [0.25, 0.3) is 17.0 Å². The molecule has 1 aliphatic rings. The molecule has 0 spiro atoms. The molecule has 1 N–H and O–H groups in total. The number of carbonyl (C=O) groups excluding carboxylic acids is 1. The number of aryl methyl sites for hydroxylation is 1. The van der Waals surface area contributed by atoms with Gasteiger partial charge in [0.2, 0.25) is 5.91 Å². The van der Waals surface area contributed by atoms with Crippen molar-refractivity contribution in [3.05, 3.63) is 65.7 Å². The van der Waals surface area contributed by atoms with Gasteiger partial charge >= 0.3 is 0 Å². The van der Waals surface area contributed by atoms with E-state index in [-0.39, 0.29) is 12.0 Å². The number of ether oxygens (including phenoxy) is 1. The van der Waals surface area contributed by atoms with E-state index in [4.69, 9.17) is 9.72 Å². The molecule has 4 rings (SSSR count). The monoisotopic (exact) mass is 444 g/mol. The summed E-state index contributed by atoms with van der Waals surface area (Å²) in [5, 5.41) is 4.01. The summed E-state index contributed by atoms with van der Waals surface area (Å²) in [5.74, 6) is 1.68. The summed E-state index contributed by atoms with van der Waals surface area (Å²) in [6.45, 7) is 10.2. The van der Waals surface area contributed by atoms with Gasteiger partial charge in [-0.3, -0.25) is 4.79 Å². The number of carbonyl (C=O) groups is 1. The van der Waals surface area contributed by atoms with E-state index in [9.17, 15) is 4.79 Å². The van der Waals surface area contributed by atoms with Crippen LogP contribution in [0.3, 0.4) is 0 Å². The van der Waals surface area contributed by atoms with Crippen LogP contribution in [0.5, 0.6) is 5.75 Å². The number of fused-ring (bicyclic) bond motifs is 1. The number of anilines is 2. The van der Waals surface area contributed by atoms with Crippen molar-refractivity contribution in [1.29, 1.82) is 0 Å². The van der Waals surface area contributed by atoms with Crippen LogP contribution >= 0.6 is 0 Å². The van der Waals surface area contributed by atoms with Gasteiger partial charge in [0, 0.05) is 43.3 Å². The van der Waals surface area contributed by atoms with E-state index < -0.39 is 0 Å². The number of piperazine rings is 1. The molecule has 172 valence electrons. The van der Waals surface area contributed by atoms with Crippen LogP contribution in [-0.4, -0.2) is 55.1 Å². The van der Waals surface area contributed by atoms with Crippen molar-refractivity contribution in [2.24, 2.45) is 0 Å². The zero-order valence-electron chi connectivity index (χ0n) is 19.8. The van der Waals surface area contributed by atoms with Crippen molar-refractivity contribution in [3.63, 3.8) is 0 Å².